The number of hydrogen-bond donors (Lipinski definition) is 1. The van der Waals surface area contributed by atoms with Crippen molar-refractivity contribution < 1.29 is 0 Å². The van der Waals surface area contributed by atoms with Gasteiger partial charge in [0.15, 0.2) is 0 Å². The van der Waals surface area contributed by atoms with Gasteiger partial charge in [-0.15, -0.1) is 0 Å². The monoisotopic (exact) mass is 215 g/mol. The van der Waals surface area contributed by atoms with Gasteiger partial charge in [-0.3, -0.25) is 0 Å². The average molecular weight is 216 g/mol. The van der Waals surface area contributed by atoms with Gasteiger partial charge in [0.2, 0.25) is 0 Å². The molecule has 2 heteroatoms. The SMILES string of the molecule is CC.CC.CC(N)c1ccc(Cl)cc1. The van der Waals surface area contributed by atoms with Crippen LogP contribution in [0.3, 0.4) is 0 Å². The molecule has 1 aromatic rings. The molecular weight excluding hydrogens is 194 g/mol. The van der Waals surface area contributed by atoms with Gasteiger partial charge >= 0.3 is 0 Å². The standard InChI is InChI=1S/C8H10ClN.2C2H6/c1-6(10)7-2-4-8(9)5-3-7;2*1-2/h2-6H,10H2,1H3;2*1-2H3. The third-order valence-electron chi connectivity index (χ3n) is 1.40. The number of benzene rings is 1. The first-order valence-electron chi connectivity index (χ1n) is 5.21. The van der Waals surface area contributed by atoms with E-state index in [2.05, 4.69) is 0 Å². The van der Waals surface area contributed by atoms with Gasteiger partial charge in [-0.05, 0) is 24.6 Å². The zero-order valence-electron chi connectivity index (χ0n) is 9.84. The first-order chi connectivity index (χ1) is 6.70. The van der Waals surface area contributed by atoms with E-state index in [0.29, 0.717) is 0 Å². The molecule has 0 saturated heterocycles. The van der Waals surface area contributed by atoms with Crippen LogP contribution in [-0.2, 0) is 0 Å². The lowest BCUT2D eigenvalue weighted by Crippen LogP contribution is -2.03. The summed E-state index contributed by atoms with van der Waals surface area (Å²) in [5.74, 6) is 0. The van der Waals surface area contributed by atoms with Gasteiger partial charge in [0.25, 0.3) is 0 Å². The van der Waals surface area contributed by atoms with Crippen LogP contribution in [0.2, 0.25) is 5.02 Å². The molecular formula is C12H22ClN. The van der Waals surface area contributed by atoms with Crippen molar-refractivity contribution in [1.29, 1.82) is 0 Å². The van der Waals surface area contributed by atoms with E-state index in [1.165, 1.54) is 0 Å². The van der Waals surface area contributed by atoms with E-state index in [-0.39, 0.29) is 6.04 Å². The minimum absolute atomic E-state index is 0.0947. The van der Waals surface area contributed by atoms with Crippen LogP contribution in [0.4, 0.5) is 0 Å². The Kier molecular flexibility index (Phi) is 12.0. The van der Waals surface area contributed by atoms with Gasteiger partial charge < -0.3 is 5.73 Å². The van der Waals surface area contributed by atoms with Gasteiger partial charge in [-0.1, -0.05) is 51.4 Å². The zero-order valence-corrected chi connectivity index (χ0v) is 10.6. The molecule has 1 aromatic carbocycles. The Bertz CT molecular complexity index is 204. The first kappa shape index (κ1) is 15.9. The van der Waals surface area contributed by atoms with Crippen LogP contribution in [0.25, 0.3) is 0 Å². The predicted molar refractivity (Wildman–Crippen MR) is 66.8 cm³/mol. The van der Waals surface area contributed by atoms with Crippen LogP contribution in [0, 0.1) is 0 Å². The van der Waals surface area contributed by atoms with Gasteiger partial charge in [-0.2, -0.15) is 0 Å². The van der Waals surface area contributed by atoms with Gasteiger partial charge in [-0.25, -0.2) is 0 Å². The van der Waals surface area contributed by atoms with E-state index < -0.39 is 0 Å². The first-order valence-corrected chi connectivity index (χ1v) is 5.59. The molecule has 0 aliphatic rings. The maximum absolute atomic E-state index is 5.68. The summed E-state index contributed by atoms with van der Waals surface area (Å²) in [6.07, 6.45) is 0. The maximum atomic E-state index is 5.68. The molecule has 0 aromatic heterocycles. The normalized spacial score (nSPS) is 10.2. The van der Waals surface area contributed by atoms with Crippen molar-refractivity contribution in [2.45, 2.75) is 40.7 Å². The zero-order chi connectivity index (χ0) is 11.6. The van der Waals surface area contributed by atoms with Crippen molar-refractivity contribution in [2.24, 2.45) is 5.73 Å². The van der Waals surface area contributed by atoms with E-state index in [4.69, 9.17) is 17.3 Å². The third kappa shape index (κ3) is 6.93. The Morgan fingerprint density at radius 1 is 1.00 bits per heavy atom. The molecule has 0 heterocycles. The highest BCUT2D eigenvalue weighted by Crippen LogP contribution is 2.13. The molecule has 2 N–H and O–H groups in total. The minimum atomic E-state index is 0.0947. The molecule has 0 fully saturated rings. The number of nitrogens with two attached hydrogens (primary N) is 1. The van der Waals surface area contributed by atoms with E-state index in [9.17, 15) is 0 Å². The molecule has 0 spiro atoms. The minimum Gasteiger partial charge on any atom is -0.324 e. The van der Waals surface area contributed by atoms with E-state index in [0.717, 1.165) is 10.6 Å². The molecule has 82 valence electrons. The van der Waals surface area contributed by atoms with Crippen molar-refractivity contribution in [3.63, 3.8) is 0 Å². The summed E-state index contributed by atoms with van der Waals surface area (Å²) in [6.45, 7) is 9.95. The highest BCUT2D eigenvalue weighted by molar-refractivity contribution is 6.30. The lowest BCUT2D eigenvalue weighted by molar-refractivity contribution is 0.818. The summed E-state index contributed by atoms with van der Waals surface area (Å²) >= 11 is 5.68. The molecule has 1 rings (SSSR count). The van der Waals surface area contributed by atoms with E-state index >= 15 is 0 Å². The third-order valence-corrected chi connectivity index (χ3v) is 1.65. The van der Waals surface area contributed by atoms with E-state index in [1.54, 1.807) is 0 Å². The summed E-state index contributed by atoms with van der Waals surface area (Å²) < 4.78 is 0. The van der Waals surface area contributed by atoms with Crippen molar-refractivity contribution in [2.75, 3.05) is 0 Å². The molecule has 1 nitrogen and oxygen atoms in total. The summed E-state index contributed by atoms with van der Waals surface area (Å²) in [5, 5.41) is 0.754. The predicted octanol–water partition coefficient (Wildman–Crippen LogP) is 4.41. The summed E-state index contributed by atoms with van der Waals surface area (Å²) in [4.78, 5) is 0. The summed E-state index contributed by atoms with van der Waals surface area (Å²) in [5.41, 5.74) is 6.74. The lowest BCUT2D eigenvalue weighted by Gasteiger charge is -2.03. The lowest BCUT2D eigenvalue weighted by atomic mass is 10.1. The molecule has 0 saturated carbocycles. The fraction of sp³-hybridized carbons (Fsp3) is 0.500. The molecule has 0 amide bonds. The van der Waals surface area contributed by atoms with Gasteiger partial charge in [0.05, 0.1) is 0 Å². The fourth-order valence-electron chi connectivity index (χ4n) is 0.766. The van der Waals surface area contributed by atoms with Crippen molar-refractivity contribution >= 4 is 11.6 Å². The Labute approximate surface area is 93.3 Å². The van der Waals surface area contributed by atoms with Crippen LogP contribution in [0.1, 0.15) is 46.2 Å². The second-order valence-corrected chi connectivity index (χ2v) is 2.78. The van der Waals surface area contributed by atoms with Crippen molar-refractivity contribution in [3.05, 3.63) is 34.9 Å². The Balaban J connectivity index is 0. The van der Waals surface area contributed by atoms with Crippen LogP contribution >= 0.6 is 11.6 Å². The molecule has 0 aliphatic carbocycles. The van der Waals surface area contributed by atoms with Crippen LogP contribution in [0.5, 0.6) is 0 Å². The molecule has 1 unspecified atom stereocenters. The molecule has 0 bridgehead atoms. The Morgan fingerprint density at radius 3 is 1.64 bits per heavy atom. The maximum Gasteiger partial charge on any atom is 0.0406 e. The highest BCUT2D eigenvalue weighted by atomic mass is 35.5. The summed E-state index contributed by atoms with van der Waals surface area (Å²) in [6, 6.07) is 7.66. The molecule has 14 heavy (non-hydrogen) atoms. The van der Waals surface area contributed by atoms with Crippen molar-refractivity contribution in [3.8, 4) is 0 Å². The fourth-order valence-corrected chi connectivity index (χ4v) is 0.892. The molecule has 0 radical (unpaired) electrons. The second-order valence-electron chi connectivity index (χ2n) is 2.34. The topological polar surface area (TPSA) is 26.0 Å². The van der Waals surface area contributed by atoms with Gasteiger partial charge in [0.1, 0.15) is 0 Å². The van der Waals surface area contributed by atoms with Crippen LogP contribution in [0.15, 0.2) is 24.3 Å². The Hall–Kier alpha value is -0.530. The average Bonchev–Trinajstić information content (AvgIpc) is 2.24. The van der Waals surface area contributed by atoms with E-state index in [1.807, 2.05) is 58.9 Å². The number of hydrogen-bond acceptors (Lipinski definition) is 1. The summed E-state index contributed by atoms with van der Waals surface area (Å²) in [7, 11) is 0. The highest BCUT2D eigenvalue weighted by Gasteiger charge is 1.96. The van der Waals surface area contributed by atoms with Crippen molar-refractivity contribution in [1.82, 2.24) is 0 Å². The molecule has 0 aliphatic heterocycles. The second kappa shape index (κ2) is 10.6. The smallest absolute Gasteiger partial charge is 0.0406 e. The van der Waals surface area contributed by atoms with Crippen LogP contribution < -0.4 is 5.73 Å². The number of rotatable bonds is 1. The van der Waals surface area contributed by atoms with Crippen LogP contribution in [-0.4, -0.2) is 0 Å². The quantitative estimate of drug-likeness (QED) is 0.738. The Morgan fingerprint density at radius 2 is 1.36 bits per heavy atom. The largest absolute Gasteiger partial charge is 0.324 e. The molecule has 1 atom stereocenters. The number of halogens is 1. The van der Waals surface area contributed by atoms with Gasteiger partial charge in [0, 0.05) is 11.1 Å².